The van der Waals surface area contributed by atoms with Gasteiger partial charge in [-0.15, -0.1) is 0 Å². The first kappa shape index (κ1) is 14.8. The van der Waals surface area contributed by atoms with Crippen molar-refractivity contribution in [2.45, 2.75) is 50.6 Å². The van der Waals surface area contributed by atoms with Crippen LogP contribution in [0.1, 0.15) is 49.4 Å². The highest BCUT2D eigenvalue weighted by atomic mass is 16.4. The number of carbonyl (C=O) groups is 1. The average molecular weight is 312 g/mol. The third-order valence-electron chi connectivity index (χ3n) is 5.85. The Kier molecular flexibility index (Phi) is 3.64. The molecule has 0 saturated heterocycles. The lowest BCUT2D eigenvalue weighted by atomic mass is 9.78. The number of nitrogens with one attached hydrogen (secondary N) is 1. The number of hydrogen-bond acceptors (Lipinski definition) is 2. The van der Waals surface area contributed by atoms with E-state index < -0.39 is 12.0 Å². The molecule has 0 spiro atoms. The minimum atomic E-state index is -0.704. The second-order valence-corrected chi connectivity index (χ2v) is 7.13. The van der Waals surface area contributed by atoms with E-state index in [9.17, 15) is 9.90 Å². The Balaban J connectivity index is 1.84. The quantitative estimate of drug-likeness (QED) is 0.888. The predicted molar refractivity (Wildman–Crippen MR) is 90.5 cm³/mol. The molecule has 2 aromatic rings. The van der Waals surface area contributed by atoms with Crippen LogP contribution in [0.4, 0.5) is 0 Å². The zero-order valence-electron chi connectivity index (χ0n) is 13.6. The lowest BCUT2D eigenvalue weighted by molar-refractivity contribution is -0.144. The number of aliphatic carboxylic acids is 1. The molecular formula is C19H24N2O2. The number of para-hydroxylation sites is 1. The van der Waals surface area contributed by atoms with Gasteiger partial charge in [-0.1, -0.05) is 37.5 Å². The van der Waals surface area contributed by atoms with Gasteiger partial charge in [-0.2, -0.15) is 0 Å². The van der Waals surface area contributed by atoms with Gasteiger partial charge in [-0.05, 0) is 37.4 Å². The molecule has 2 heterocycles. The van der Waals surface area contributed by atoms with Crippen molar-refractivity contribution in [1.82, 2.24) is 9.88 Å². The zero-order chi connectivity index (χ0) is 16.0. The van der Waals surface area contributed by atoms with E-state index in [0.29, 0.717) is 12.3 Å². The molecular weight excluding hydrogens is 288 g/mol. The molecule has 122 valence electrons. The molecule has 0 radical (unpaired) electrons. The summed E-state index contributed by atoms with van der Waals surface area (Å²) in [4.78, 5) is 17.5. The third kappa shape index (κ3) is 2.36. The molecule has 4 rings (SSSR count). The summed E-state index contributed by atoms with van der Waals surface area (Å²) in [6, 6.07) is 8.08. The van der Waals surface area contributed by atoms with E-state index in [-0.39, 0.29) is 6.04 Å². The molecule has 23 heavy (non-hydrogen) atoms. The number of aromatic amines is 1. The van der Waals surface area contributed by atoms with Crippen molar-refractivity contribution < 1.29 is 9.90 Å². The highest BCUT2D eigenvalue weighted by Gasteiger charge is 2.41. The van der Waals surface area contributed by atoms with Crippen molar-refractivity contribution in [3.05, 3.63) is 35.5 Å². The normalized spacial score (nSPS) is 26.3. The van der Waals surface area contributed by atoms with Gasteiger partial charge in [0.25, 0.3) is 0 Å². The van der Waals surface area contributed by atoms with E-state index >= 15 is 0 Å². The summed E-state index contributed by atoms with van der Waals surface area (Å²) in [7, 11) is 1.99. The van der Waals surface area contributed by atoms with Crippen LogP contribution in [0.25, 0.3) is 10.9 Å². The molecule has 0 amide bonds. The summed E-state index contributed by atoms with van der Waals surface area (Å²) in [6.45, 7) is 0. The highest BCUT2D eigenvalue weighted by Crippen LogP contribution is 2.44. The monoisotopic (exact) mass is 312 g/mol. The number of likely N-dealkylation sites (N-methyl/N-ethyl adjacent to an activating group) is 1. The van der Waals surface area contributed by atoms with Crippen LogP contribution in [0.2, 0.25) is 0 Å². The number of H-pyrrole nitrogens is 1. The number of rotatable bonds is 2. The van der Waals surface area contributed by atoms with E-state index in [1.54, 1.807) is 0 Å². The van der Waals surface area contributed by atoms with Gasteiger partial charge in [-0.25, -0.2) is 0 Å². The summed E-state index contributed by atoms with van der Waals surface area (Å²) in [5, 5.41) is 10.9. The molecule has 1 aliphatic carbocycles. The maximum atomic E-state index is 11.8. The van der Waals surface area contributed by atoms with Crippen LogP contribution < -0.4 is 0 Å². The molecule has 1 aromatic carbocycles. The molecule has 2 aliphatic rings. The molecule has 2 atom stereocenters. The number of aromatic nitrogens is 1. The molecule has 1 aromatic heterocycles. The van der Waals surface area contributed by atoms with E-state index in [1.165, 1.54) is 48.7 Å². The zero-order valence-corrected chi connectivity index (χ0v) is 13.6. The third-order valence-corrected chi connectivity index (χ3v) is 5.85. The fraction of sp³-hybridized carbons (Fsp3) is 0.526. The Labute approximate surface area is 136 Å². The number of benzene rings is 1. The Morgan fingerprint density at radius 1 is 1.22 bits per heavy atom. The lowest BCUT2D eigenvalue weighted by Gasteiger charge is -2.42. The van der Waals surface area contributed by atoms with Gasteiger partial charge in [0.2, 0.25) is 0 Å². The van der Waals surface area contributed by atoms with Crippen molar-refractivity contribution in [2.24, 2.45) is 5.92 Å². The van der Waals surface area contributed by atoms with Crippen LogP contribution >= 0.6 is 0 Å². The molecule has 1 saturated carbocycles. The van der Waals surface area contributed by atoms with E-state index in [1.807, 2.05) is 19.2 Å². The summed E-state index contributed by atoms with van der Waals surface area (Å²) >= 11 is 0. The molecule has 1 aliphatic heterocycles. The summed E-state index contributed by atoms with van der Waals surface area (Å²) in [6.07, 6.45) is 6.85. The summed E-state index contributed by atoms with van der Waals surface area (Å²) < 4.78 is 0. The standard InChI is InChI=1S/C19H24N2O2/c1-21-16(19(22)23)11-14-13-9-5-6-10-15(13)20-17(14)18(21)12-7-3-2-4-8-12/h5-6,9-10,12,16,18,20H,2-4,7-8,11H2,1H3,(H,22,23)/t16?,18-/m0/s1. The number of carboxylic acid groups (broad SMARTS) is 1. The maximum Gasteiger partial charge on any atom is 0.321 e. The summed E-state index contributed by atoms with van der Waals surface area (Å²) in [5.74, 6) is -0.146. The van der Waals surface area contributed by atoms with Crippen molar-refractivity contribution in [2.75, 3.05) is 7.05 Å². The highest BCUT2D eigenvalue weighted by molar-refractivity contribution is 5.86. The lowest BCUT2D eigenvalue weighted by Crippen LogP contribution is -2.48. The Bertz CT molecular complexity index is 730. The van der Waals surface area contributed by atoms with E-state index in [4.69, 9.17) is 0 Å². The van der Waals surface area contributed by atoms with Gasteiger partial charge < -0.3 is 10.1 Å². The second-order valence-electron chi connectivity index (χ2n) is 7.13. The minimum Gasteiger partial charge on any atom is -0.480 e. The minimum absolute atomic E-state index is 0.201. The first-order chi connectivity index (χ1) is 11.2. The molecule has 1 unspecified atom stereocenters. The van der Waals surface area contributed by atoms with Crippen LogP contribution in [0.3, 0.4) is 0 Å². The van der Waals surface area contributed by atoms with Crippen LogP contribution in [-0.4, -0.2) is 34.0 Å². The van der Waals surface area contributed by atoms with Crippen molar-refractivity contribution in [3.8, 4) is 0 Å². The van der Waals surface area contributed by atoms with Gasteiger partial charge in [-0.3, -0.25) is 9.69 Å². The van der Waals surface area contributed by atoms with Crippen LogP contribution in [-0.2, 0) is 11.2 Å². The SMILES string of the molecule is CN1C(C(=O)O)Cc2c([nH]c3ccccc23)[C@@H]1C1CCCCC1. The van der Waals surface area contributed by atoms with Gasteiger partial charge in [0.1, 0.15) is 6.04 Å². The number of fused-ring (bicyclic) bond motifs is 3. The molecule has 2 N–H and O–H groups in total. The second kappa shape index (κ2) is 5.68. The molecule has 4 heteroatoms. The van der Waals surface area contributed by atoms with Gasteiger partial charge in [0.05, 0.1) is 6.04 Å². The van der Waals surface area contributed by atoms with Gasteiger partial charge >= 0.3 is 5.97 Å². The van der Waals surface area contributed by atoms with Gasteiger partial charge in [0, 0.05) is 23.0 Å². The van der Waals surface area contributed by atoms with Crippen molar-refractivity contribution in [1.29, 1.82) is 0 Å². The Morgan fingerprint density at radius 3 is 2.70 bits per heavy atom. The van der Waals surface area contributed by atoms with E-state index in [0.717, 1.165) is 5.52 Å². The van der Waals surface area contributed by atoms with E-state index in [2.05, 4.69) is 22.0 Å². The molecule has 1 fully saturated rings. The fourth-order valence-corrected chi connectivity index (χ4v) is 4.71. The van der Waals surface area contributed by atoms with Crippen LogP contribution in [0, 0.1) is 5.92 Å². The first-order valence-corrected chi connectivity index (χ1v) is 8.71. The van der Waals surface area contributed by atoms with Crippen molar-refractivity contribution >= 4 is 16.9 Å². The van der Waals surface area contributed by atoms with Crippen LogP contribution in [0.15, 0.2) is 24.3 Å². The maximum absolute atomic E-state index is 11.8. The first-order valence-electron chi connectivity index (χ1n) is 8.71. The molecule has 4 nitrogen and oxygen atoms in total. The summed E-state index contributed by atoms with van der Waals surface area (Å²) in [5.41, 5.74) is 3.62. The predicted octanol–water partition coefficient (Wildman–Crippen LogP) is 3.73. The smallest absolute Gasteiger partial charge is 0.321 e. The largest absolute Gasteiger partial charge is 0.480 e. The van der Waals surface area contributed by atoms with Crippen LogP contribution in [0.5, 0.6) is 0 Å². The number of hydrogen-bond donors (Lipinski definition) is 2. The number of carboxylic acids is 1. The van der Waals surface area contributed by atoms with Gasteiger partial charge in [0.15, 0.2) is 0 Å². The molecule has 0 bridgehead atoms. The number of nitrogens with zero attached hydrogens (tertiary/aromatic N) is 1. The average Bonchev–Trinajstić information content (AvgIpc) is 2.93. The van der Waals surface area contributed by atoms with Crippen molar-refractivity contribution in [3.63, 3.8) is 0 Å². The Hall–Kier alpha value is -1.81. The fourth-order valence-electron chi connectivity index (χ4n) is 4.71. The topological polar surface area (TPSA) is 56.3 Å². The Morgan fingerprint density at radius 2 is 1.96 bits per heavy atom.